The van der Waals surface area contributed by atoms with Gasteiger partial charge in [0.25, 0.3) is 5.91 Å². The van der Waals surface area contributed by atoms with Crippen LogP contribution in [0.3, 0.4) is 0 Å². The highest BCUT2D eigenvalue weighted by Gasteiger charge is 2.23. The Bertz CT molecular complexity index is 1270. The third kappa shape index (κ3) is 4.33. The topological polar surface area (TPSA) is 76.4 Å². The molecule has 4 aromatic rings. The molecule has 10 heteroatoms. The van der Waals surface area contributed by atoms with Gasteiger partial charge in [-0.25, -0.2) is 9.67 Å². The van der Waals surface area contributed by atoms with E-state index in [1.165, 1.54) is 11.3 Å². The number of thiazole rings is 1. The molecule has 0 spiro atoms. The normalized spacial score (nSPS) is 14.9. The third-order valence-electron chi connectivity index (χ3n) is 5.62. The van der Waals surface area contributed by atoms with E-state index in [0.717, 1.165) is 59.7 Å². The fraction of sp³-hybridized carbons (Fsp3) is 0.364. The third-order valence-corrected chi connectivity index (χ3v) is 6.86. The first-order chi connectivity index (χ1) is 15.6. The summed E-state index contributed by atoms with van der Waals surface area (Å²) in [5.41, 5.74) is 3.48. The van der Waals surface area contributed by atoms with Gasteiger partial charge >= 0.3 is 0 Å². The van der Waals surface area contributed by atoms with E-state index in [0.29, 0.717) is 16.7 Å². The molecule has 2 aromatic heterocycles. The van der Waals surface area contributed by atoms with E-state index in [9.17, 15) is 4.79 Å². The summed E-state index contributed by atoms with van der Waals surface area (Å²) in [6.45, 7) is 6.55. The van der Waals surface area contributed by atoms with E-state index in [1.54, 1.807) is 9.58 Å². The molecule has 1 aliphatic rings. The van der Waals surface area contributed by atoms with Crippen molar-refractivity contribution in [1.82, 2.24) is 24.9 Å². The summed E-state index contributed by atoms with van der Waals surface area (Å²) in [5, 5.41) is 9.71. The minimum atomic E-state index is -0.0725. The number of benzene rings is 2. The summed E-state index contributed by atoms with van der Waals surface area (Å²) in [7, 11) is 0. The zero-order chi connectivity index (χ0) is 22.1. The summed E-state index contributed by atoms with van der Waals surface area (Å²) in [6.07, 6.45) is 0. The van der Waals surface area contributed by atoms with Crippen molar-refractivity contribution >= 4 is 55.2 Å². The largest absolute Gasteiger partial charge is 0.379 e. The van der Waals surface area contributed by atoms with Crippen LogP contribution in [-0.4, -0.2) is 70.2 Å². The molecule has 1 saturated heterocycles. The smallest absolute Gasteiger partial charge is 0.250 e. The number of hydrogen-bond acceptors (Lipinski definition) is 7. The first kappa shape index (κ1) is 21.3. The Morgan fingerprint density at radius 3 is 2.91 bits per heavy atom. The van der Waals surface area contributed by atoms with Crippen molar-refractivity contribution in [3.63, 3.8) is 0 Å². The fourth-order valence-electron chi connectivity index (χ4n) is 3.90. The highest BCUT2D eigenvalue weighted by atomic mass is 35.5. The molecule has 3 heterocycles. The number of para-hydroxylation sites is 1. The van der Waals surface area contributed by atoms with Crippen LogP contribution in [0.25, 0.3) is 21.3 Å². The SMILES string of the molecule is Cc1cc(Cl)cc2sc(N(CCN3CCOCC3)C(=O)Cn3nnc4ccccc43)nc12. The Labute approximate surface area is 194 Å². The van der Waals surface area contributed by atoms with Crippen molar-refractivity contribution in [2.24, 2.45) is 0 Å². The van der Waals surface area contributed by atoms with E-state index in [1.807, 2.05) is 43.3 Å². The van der Waals surface area contributed by atoms with Crippen LogP contribution >= 0.6 is 22.9 Å². The van der Waals surface area contributed by atoms with Crippen molar-refractivity contribution in [2.45, 2.75) is 13.5 Å². The Morgan fingerprint density at radius 2 is 2.06 bits per heavy atom. The molecular weight excluding hydrogens is 448 g/mol. The van der Waals surface area contributed by atoms with Crippen molar-refractivity contribution in [3.8, 4) is 0 Å². The van der Waals surface area contributed by atoms with E-state index in [-0.39, 0.29) is 12.5 Å². The van der Waals surface area contributed by atoms with Gasteiger partial charge in [0.15, 0.2) is 5.13 Å². The fourth-order valence-corrected chi connectivity index (χ4v) is 5.36. The number of carbonyl (C=O) groups excluding carboxylic acids is 1. The van der Waals surface area contributed by atoms with Crippen LogP contribution in [-0.2, 0) is 16.1 Å². The summed E-state index contributed by atoms with van der Waals surface area (Å²) in [5.74, 6) is -0.0725. The molecular formula is C22H23ClN6O2S. The second kappa shape index (κ2) is 9.11. The summed E-state index contributed by atoms with van der Waals surface area (Å²) >= 11 is 7.74. The Hall–Kier alpha value is -2.59. The van der Waals surface area contributed by atoms with Crippen molar-refractivity contribution in [2.75, 3.05) is 44.3 Å². The van der Waals surface area contributed by atoms with Gasteiger partial charge in [-0.1, -0.05) is 40.3 Å². The minimum Gasteiger partial charge on any atom is -0.379 e. The molecule has 0 saturated carbocycles. The number of hydrogen-bond donors (Lipinski definition) is 0. The lowest BCUT2D eigenvalue weighted by molar-refractivity contribution is -0.119. The lowest BCUT2D eigenvalue weighted by Gasteiger charge is -2.29. The molecule has 1 amide bonds. The van der Waals surface area contributed by atoms with Crippen LogP contribution in [0, 0.1) is 6.92 Å². The molecule has 0 aliphatic carbocycles. The van der Waals surface area contributed by atoms with E-state index in [4.69, 9.17) is 21.3 Å². The number of rotatable bonds is 6. The van der Waals surface area contributed by atoms with Gasteiger partial charge in [0, 0.05) is 31.2 Å². The number of aromatic nitrogens is 4. The highest BCUT2D eigenvalue weighted by molar-refractivity contribution is 7.22. The van der Waals surface area contributed by atoms with Gasteiger partial charge in [-0.3, -0.25) is 14.6 Å². The Kier molecular flexibility index (Phi) is 6.05. The van der Waals surface area contributed by atoms with Crippen molar-refractivity contribution < 1.29 is 9.53 Å². The molecule has 2 aromatic carbocycles. The number of aryl methyl sites for hydroxylation is 1. The number of ether oxygens (including phenoxy) is 1. The monoisotopic (exact) mass is 470 g/mol. The van der Waals surface area contributed by atoms with Crippen molar-refractivity contribution in [1.29, 1.82) is 0 Å². The van der Waals surface area contributed by atoms with Gasteiger partial charge in [-0.05, 0) is 36.8 Å². The highest BCUT2D eigenvalue weighted by Crippen LogP contribution is 2.33. The molecule has 8 nitrogen and oxygen atoms in total. The van der Waals surface area contributed by atoms with E-state index in [2.05, 4.69) is 15.2 Å². The van der Waals surface area contributed by atoms with E-state index < -0.39 is 0 Å². The number of anilines is 1. The van der Waals surface area contributed by atoms with Crippen LogP contribution < -0.4 is 4.90 Å². The predicted octanol–water partition coefficient (Wildman–Crippen LogP) is 3.37. The average Bonchev–Trinajstić information content (AvgIpc) is 3.39. The van der Waals surface area contributed by atoms with Crippen LogP contribution in [0.15, 0.2) is 36.4 Å². The number of morpholine rings is 1. The summed E-state index contributed by atoms with van der Waals surface area (Å²) in [4.78, 5) is 22.4. The average molecular weight is 471 g/mol. The number of carbonyl (C=O) groups is 1. The lowest BCUT2D eigenvalue weighted by Crippen LogP contribution is -2.44. The van der Waals surface area contributed by atoms with Gasteiger partial charge in [-0.2, -0.15) is 0 Å². The van der Waals surface area contributed by atoms with Gasteiger partial charge < -0.3 is 4.74 Å². The van der Waals surface area contributed by atoms with Gasteiger partial charge in [0.1, 0.15) is 12.1 Å². The zero-order valence-corrected chi connectivity index (χ0v) is 19.3. The van der Waals surface area contributed by atoms with Crippen LogP contribution in [0.4, 0.5) is 5.13 Å². The maximum Gasteiger partial charge on any atom is 0.250 e. The molecule has 0 N–H and O–H groups in total. The molecule has 0 unspecified atom stereocenters. The Balaban J connectivity index is 1.44. The zero-order valence-electron chi connectivity index (χ0n) is 17.7. The van der Waals surface area contributed by atoms with Crippen LogP contribution in [0.1, 0.15) is 5.56 Å². The molecule has 1 fully saturated rings. The standard InChI is InChI=1S/C22H23ClN6O2S/c1-15-12-16(23)13-19-21(15)24-22(32-19)28(7-6-27-8-10-31-11-9-27)20(30)14-29-18-5-3-2-4-17(18)25-26-29/h2-5,12-13H,6-11,14H2,1H3. The molecule has 0 atom stereocenters. The second-order valence-electron chi connectivity index (χ2n) is 7.80. The van der Waals surface area contributed by atoms with Gasteiger partial charge in [0.05, 0.1) is 28.9 Å². The predicted molar refractivity (Wildman–Crippen MR) is 127 cm³/mol. The number of nitrogens with zero attached hydrogens (tertiary/aromatic N) is 6. The quantitative estimate of drug-likeness (QED) is 0.430. The maximum absolute atomic E-state index is 13.5. The molecule has 32 heavy (non-hydrogen) atoms. The first-order valence-corrected chi connectivity index (χ1v) is 11.7. The minimum absolute atomic E-state index is 0.0725. The van der Waals surface area contributed by atoms with Crippen LogP contribution in [0.2, 0.25) is 5.02 Å². The summed E-state index contributed by atoms with van der Waals surface area (Å²) < 4.78 is 8.07. The molecule has 1 aliphatic heterocycles. The van der Waals surface area contributed by atoms with Crippen molar-refractivity contribution in [3.05, 3.63) is 47.0 Å². The second-order valence-corrected chi connectivity index (χ2v) is 9.25. The maximum atomic E-state index is 13.5. The molecule has 5 rings (SSSR count). The number of fused-ring (bicyclic) bond motifs is 2. The number of halogens is 1. The van der Waals surface area contributed by atoms with Gasteiger partial charge in [0.2, 0.25) is 0 Å². The van der Waals surface area contributed by atoms with E-state index >= 15 is 0 Å². The van der Waals surface area contributed by atoms with Crippen LogP contribution in [0.5, 0.6) is 0 Å². The molecule has 0 bridgehead atoms. The summed E-state index contributed by atoms with van der Waals surface area (Å²) in [6, 6.07) is 11.4. The lowest BCUT2D eigenvalue weighted by atomic mass is 10.2. The molecule has 0 radical (unpaired) electrons. The molecule has 166 valence electrons. The Morgan fingerprint density at radius 1 is 1.25 bits per heavy atom. The number of amides is 1. The van der Waals surface area contributed by atoms with Gasteiger partial charge in [-0.15, -0.1) is 5.10 Å². The first-order valence-electron chi connectivity index (χ1n) is 10.5.